The van der Waals surface area contributed by atoms with Gasteiger partial charge in [0, 0.05) is 11.6 Å². The van der Waals surface area contributed by atoms with Crippen molar-refractivity contribution in [1.29, 1.82) is 0 Å². The quantitative estimate of drug-likeness (QED) is 0.665. The van der Waals surface area contributed by atoms with Crippen LogP contribution in [0.3, 0.4) is 0 Å². The molecule has 0 saturated heterocycles. The third-order valence-electron chi connectivity index (χ3n) is 3.02. The third-order valence-corrected chi connectivity index (χ3v) is 3.35. The van der Waals surface area contributed by atoms with Gasteiger partial charge >= 0.3 is 0 Å². The van der Waals surface area contributed by atoms with Crippen LogP contribution in [0.5, 0.6) is 11.5 Å². The maximum Gasteiger partial charge on any atom is 0.131 e. The van der Waals surface area contributed by atoms with Crippen molar-refractivity contribution in [2.45, 2.75) is 6.92 Å². The van der Waals surface area contributed by atoms with E-state index >= 15 is 0 Å². The molecule has 1 N–H and O–H groups in total. The van der Waals surface area contributed by atoms with Gasteiger partial charge in [-0.25, -0.2) is 0 Å². The number of nitrogens with zero attached hydrogens (tertiary/aromatic N) is 1. The van der Waals surface area contributed by atoms with Crippen molar-refractivity contribution in [2.75, 3.05) is 19.6 Å². The fourth-order valence-corrected chi connectivity index (χ4v) is 2.03. The standard InChI is InChI=1S/C16H17ClN2O2/c1-11(18-19-15-7-5-4-6-14(15)17)13-9-8-12(20-2)10-16(13)21-3/h4-10,19H,1-3H3/b18-11-. The van der Waals surface area contributed by atoms with E-state index in [0.717, 1.165) is 22.7 Å². The van der Waals surface area contributed by atoms with Gasteiger partial charge in [-0.05, 0) is 31.2 Å². The monoisotopic (exact) mass is 304 g/mol. The summed E-state index contributed by atoms with van der Waals surface area (Å²) in [5.41, 5.74) is 5.39. The summed E-state index contributed by atoms with van der Waals surface area (Å²) in [7, 11) is 3.24. The molecule has 2 rings (SSSR count). The van der Waals surface area contributed by atoms with Crippen molar-refractivity contribution in [3.8, 4) is 11.5 Å². The molecule has 0 spiro atoms. The number of halogens is 1. The normalized spacial score (nSPS) is 11.1. The van der Waals surface area contributed by atoms with Crippen molar-refractivity contribution >= 4 is 23.0 Å². The Labute approximate surface area is 129 Å². The van der Waals surface area contributed by atoms with Crippen molar-refractivity contribution in [3.05, 3.63) is 53.1 Å². The van der Waals surface area contributed by atoms with Crippen LogP contribution < -0.4 is 14.9 Å². The number of para-hydroxylation sites is 1. The summed E-state index contributed by atoms with van der Waals surface area (Å²) in [4.78, 5) is 0. The van der Waals surface area contributed by atoms with Crippen molar-refractivity contribution in [2.24, 2.45) is 5.10 Å². The molecule has 0 unspecified atom stereocenters. The minimum Gasteiger partial charge on any atom is -0.497 e. The minimum absolute atomic E-state index is 0.621. The van der Waals surface area contributed by atoms with E-state index in [4.69, 9.17) is 21.1 Å². The summed E-state index contributed by atoms with van der Waals surface area (Å²) in [5, 5.41) is 4.97. The second-order valence-electron chi connectivity index (χ2n) is 4.36. The lowest BCUT2D eigenvalue weighted by Gasteiger charge is -2.10. The highest BCUT2D eigenvalue weighted by molar-refractivity contribution is 6.33. The third kappa shape index (κ3) is 3.67. The zero-order chi connectivity index (χ0) is 15.2. The fourth-order valence-electron chi connectivity index (χ4n) is 1.85. The van der Waals surface area contributed by atoms with E-state index in [0.29, 0.717) is 10.8 Å². The predicted molar refractivity (Wildman–Crippen MR) is 86.8 cm³/mol. The van der Waals surface area contributed by atoms with Crippen LogP contribution >= 0.6 is 11.6 Å². The molecule has 4 nitrogen and oxygen atoms in total. The van der Waals surface area contributed by atoms with Gasteiger partial charge in [0.25, 0.3) is 0 Å². The topological polar surface area (TPSA) is 42.8 Å². The smallest absolute Gasteiger partial charge is 0.131 e. The average Bonchev–Trinajstić information content (AvgIpc) is 2.53. The first-order valence-electron chi connectivity index (χ1n) is 6.43. The molecule has 0 aliphatic rings. The van der Waals surface area contributed by atoms with Crippen LogP contribution in [-0.2, 0) is 0 Å². The van der Waals surface area contributed by atoms with Crippen LogP contribution in [0, 0.1) is 0 Å². The van der Waals surface area contributed by atoms with Crippen LogP contribution in [-0.4, -0.2) is 19.9 Å². The zero-order valence-electron chi connectivity index (χ0n) is 12.2. The molecule has 0 radical (unpaired) electrons. The van der Waals surface area contributed by atoms with Crippen LogP contribution in [0.4, 0.5) is 5.69 Å². The van der Waals surface area contributed by atoms with Gasteiger partial charge in [0.15, 0.2) is 0 Å². The Kier molecular flexibility index (Phi) is 5.06. The Hall–Kier alpha value is -2.20. The molecule has 0 bridgehead atoms. The van der Waals surface area contributed by atoms with E-state index in [1.807, 2.05) is 49.4 Å². The molecule has 0 fully saturated rings. The Bertz CT molecular complexity index is 656. The number of hydrazone groups is 1. The molecule has 0 aliphatic heterocycles. The lowest BCUT2D eigenvalue weighted by molar-refractivity contribution is 0.394. The molecule has 21 heavy (non-hydrogen) atoms. The van der Waals surface area contributed by atoms with Crippen molar-refractivity contribution in [3.63, 3.8) is 0 Å². The molecule has 110 valence electrons. The van der Waals surface area contributed by atoms with E-state index < -0.39 is 0 Å². The Balaban J connectivity index is 2.25. The maximum atomic E-state index is 6.08. The number of hydrogen-bond acceptors (Lipinski definition) is 4. The fraction of sp³-hybridized carbons (Fsp3) is 0.188. The Morgan fingerprint density at radius 1 is 1.10 bits per heavy atom. The minimum atomic E-state index is 0.621. The lowest BCUT2D eigenvalue weighted by Crippen LogP contribution is -2.03. The number of anilines is 1. The molecule has 2 aromatic rings. The molecule has 2 aromatic carbocycles. The SMILES string of the molecule is COc1ccc(/C(C)=N\Nc2ccccc2Cl)c(OC)c1. The van der Waals surface area contributed by atoms with Crippen LogP contribution in [0.15, 0.2) is 47.6 Å². The number of ether oxygens (including phenoxy) is 2. The molecule has 5 heteroatoms. The Morgan fingerprint density at radius 3 is 2.52 bits per heavy atom. The van der Waals surface area contributed by atoms with Gasteiger partial charge in [0.05, 0.1) is 30.6 Å². The second-order valence-corrected chi connectivity index (χ2v) is 4.76. The maximum absolute atomic E-state index is 6.08. The zero-order valence-corrected chi connectivity index (χ0v) is 12.9. The second kappa shape index (κ2) is 6.99. The summed E-state index contributed by atoms with van der Waals surface area (Å²) in [6.45, 7) is 1.90. The molecular weight excluding hydrogens is 288 g/mol. The lowest BCUT2D eigenvalue weighted by atomic mass is 10.1. The first kappa shape index (κ1) is 15.2. The number of nitrogens with one attached hydrogen (secondary N) is 1. The van der Waals surface area contributed by atoms with Crippen molar-refractivity contribution < 1.29 is 9.47 Å². The van der Waals surface area contributed by atoms with E-state index in [-0.39, 0.29) is 0 Å². The highest BCUT2D eigenvalue weighted by atomic mass is 35.5. The molecule has 0 aromatic heterocycles. The summed E-state index contributed by atoms with van der Waals surface area (Å²) in [6, 6.07) is 13.0. The number of hydrogen-bond donors (Lipinski definition) is 1. The first-order valence-corrected chi connectivity index (χ1v) is 6.80. The molecular formula is C16H17ClN2O2. The van der Waals surface area contributed by atoms with Gasteiger partial charge in [-0.15, -0.1) is 0 Å². The van der Waals surface area contributed by atoms with Gasteiger partial charge in [-0.1, -0.05) is 23.7 Å². The van der Waals surface area contributed by atoms with Crippen LogP contribution in [0.2, 0.25) is 5.02 Å². The van der Waals surface area contributed by atoms with Crippen LogP contribution in [0.1, 0.15) is 12.5 Å². The van der Waals surface area contributed by atoms with Gasteiger partial charge in [0.2, 0.25) is 0 Å². The van der Waals surface area contributed by atoms with E-state index in [1.165, 1.54) is 0 Å². The van der Waals surface area contributed by atoms with E-state index in [1.54, 1.807) is 14.2 Å². The van der Waals surface area contributed by atoms with Gasteiger partial charge < -0.3 is 9.47 Å². The van der Waals surface area contributed by atoms with E-state index in [9.17, 15) is 0 Å². The summed E-state index contributed by atoms with van der Waals surface area (Å²) < 4.78 is 10.6. The number of benzene rings is 2. The highest BCUT2D eigenvalue weighted by Gasteiger charge is 2.08. The summed E-state index contributed by atoms with van der Waals surface area (Å²) >= 11 is 6.08. The first-order chi connectivity index (χ1) is 10.2. The number of methoxy groups -OCH3 is 2. The predicted octanol–water partition coefficient (Wildman–Crippen LogP) is 4.19. The van der Waals surface area contributed by atoms with Crippen LogP contribution in [0.25, 0.3) is 0 Å². The highest BCUT2D eigenvalue weighted by Crippen LogP contribution is 2.26. The largest absolute Gasteiger partial charge is 0.497 e. The van der Waals surface area contributed by atoms with Gasteiger partial charge in [-0.3, -0.25) is 5.43 Å². The van der Waals surface area contributed by atoms with E-state index in [2.05, 4.69) is 10.5 Å². The van der Waals surface area contributed by atoms with Crippen molar-refractivity contribution in [1.82, 2.24) is 0 Å². The molecule has 0 heterocycles. The summed E-state index contributed by atoms with van der Waals surface area (Å²) in [6.07, 6.45) is 0. The average molecular weight is 305 g/mol. The molecule has 0 atom stereocenters. The molecule has 0 saturated carbocycles. The molecule has 0 aliphatic carbocycles. The van der Waals surface area contributed by atoms with Gasteiger partial charge in [0.1, 0.15) is 11.5 Å². The summed E-state index contributed by atoms with van der Waals surface area (Å²) in [5.74, 6) is 1.44. The van der Waals surface area contributed by atoms with Gasteiger partial charge in [-0.2, -0.15) is 5.10 Å². The molecule has 0 amide bonds. The number of rotatable bonds is 5. The Morgan fingerprint density at radius 2 is 1.86 bits per heavy atom.